The smallest absolute Gasteiger partial charge is 0.257 e. The van der Waals surface area contributed by atoms with E-state index >= 15 is 0 Å². The van der Waals surface area contributed by atoms with Crippen LogP contribution in [-0.4, -0.2) is 15.9 Å². The maximum absolute atomic E-state index is 13.2. The van der Waals surface area contributed by atoms with Crippen LogP contribution in [0.2, 0.25) is 0 Å². The normalized spacial score (nSPS) is 19.0. The molecule has 0 radical (unpaired) electrons. The summed E-state index contributed by atoms with van der Waals surface area (Å²) in [6, 6.07) is 25.0. The Morgan fingerprint density at radius 3 is 2.11 bits per heavy atom. The lowest BCUT2D eigenvalue weighted by Crippen LogP contribution is -2.44. The molecule has 0 spiro atoms. The van der Waals surface area contributed by atoms with Gasteiger partial charge in [0.25, 0.3) is 5.91 Å². The first-order chi connectivity index (χ1) is 13.3. The summed E-state index contributed by atoms with van der Waals surface area (Å²) < 4.78 is 0. The molecule has 1 atom stereocenters. The fraction of sp³-hybridized carbons (Fsp3) is 0.240. The fourth-order valence-corrected chi connectivity index (χ4v) is 3.87. The number of aliphatic hydroxyl groups is 1. The van der Waals surface area contributed by atoms with Gasteiger partial charge in [-0.1, -0.05) is 93.6 Å². The number of amides is 1. The maximum atomic E-state index is 13.2. The van der Waals surface area contributed by atoms with E-state index in [2.05, 4.69) is 32.9 Å². The third-order valence-corrected chi connectivity index (χ3v) is 5.51. The summed E-state index contributed by atoms with van der Waals surface area (Å²) in [5, 5.41) is 11.8. The zero-order valence-electron chi connectivity index (χ0n) is 16.5. The molecule has 1 N–H and O–H groups in total. The standard InChI is InChI=1S/C25H25NO2/c1-24(2,3)19-15-13-18(14-16-19)17-26-23(27)21-11-7-8-12-22(21)25(26,28)20-9-5-4-6-10-20/h4-16,28H,17H2,1-3H3. The minimum absolute atomic E-state index is 0.0724. The molecule has 28 heavy (non-hydrogen) atoms. The average Bonchev–Trinajstić information content (AvgIpc) is 2.92. The lowest BCUT2D eigenvalue weighted by molar-refractivity contribution is -0.0542. The van der Waals surface area contributed by atoms with Gasteiger partial charge in [-0.25, -0.2) is 0 Å². The van der Waals surface area contributed by atoms with Crippen LogP contribution in [0.3, 0.4) is 0 Å². The van der Waals surface area contributed by atoms with Crippen molar-refractivity contribution in [3.8, 4) is 0 Å². The number of fused-ring (bicyclic) bond motifs is 1. The van der Waals surface area contributed by atoms with Crippen LogP contribution < -0.4 is 0 Å². The van der Waals surface area contributed by atoms with Crippen LogP contribution in [-0.2, 0) is 17.7 Å². The molecule has 0 saturated carbocycles. The second kappa shape index (κ2) is 6.61. The van der Waals surface area contributed by atoms with Gasteiger partial charge in [-0.15, -0.1) is 0 Å². The summed E-state index contributed by atoms with van der Waals surface area (Å²) >= 11 is 0. The predicted octanol–water partition coefficient (Wildman–Crippen LogP) is 4.83. The molecule has 0 saturated heterocycles. The Morgan fingerprint density at radius 2 is 1.46 bits per heavy atom. The highest BCUT2D eigenvalue weighted by atomic mass is 16.3. The highest BCUT2D eigenvalue weighted by Crippen LogP contribution is 2.43. The lowest BCUT2D eigenvalue weighted by atomic mass is 9.86. The summed E-state index contributed by atoms with van der Waals surface area (Å²) in [4.78, 5) is 14.8. The number of hydrogen-bond acceptors (Lipinski definition) is 2. The molecule has 1 amide bonds. The minimum atomic E-state index is -1.47. The maximum Gasteiger partial charge on any atom is 0.257 e. The molecule has 3 aromatic carbocycles. The van der Waals surface area contributed by atoms with Gasteiger partial charge in [0.05, 0.1) is 0 Å². The molecule has 3 heteroatoms. The Hall–Kier alpha value is -2.91. The third-order valence-electron chi connectivity index (χ3n) is 5.51. The summed E-state index contributed by atoms with van der Waals surface area (Å²) in [6.45, 7) is 6.87. The van der Waals surface area contributed by atoms with Crippen LogP contribution in [0.25, 0.3) is 0 Å². The first kappa shape index (κ1) is 18.5. The average molecular weight is 371 g/mol. The Morgan fingerprint density at radius 1 is 0.857 bits per heavy atom. The van der Waals surface area contributed by atoms with Crippen molar-refractivity contribution in [2.45, 2.75) is 38.5 Å². The van der Waals surface area contributed by atoms with Gasteiger partial charge >= 0.3 is 0 Å². The number of rotatable bonds is 3. The number of benzene rings is 3. The molecule has 142 valence electrons. The van der Waals surface area contributed by atoms with E-state index in [1.807, 2.05) is 60.7 Å². The van der Waals surface area contributed by atoms with Crippen LogP contribution in [0, 0.1) is 0 Å². The van der Waals surface area contributed by atoms with Gasteiger partial charge in [-0.05, 0) is 22.6 Å². The predicted molar refractivity (Wildman–Crippen MR) is 111 cm³/mol. The molecule has 0 aromatic heterocycles. The van der Waals surface area contributed by atoms with E-state index in [1.165, 1.54) is 5.56 Å². The topological polar surface area (TPSA) is 40.5 Å². The van der Waals surface area contributed by atoms with Gasteiger partial charge < -0.3 is 5.11 Å². The molecule has 4 rings (SSSR count). The number of carbonyl (C=O) groups is 1. The molecule has 1 aliphatic heterocycles. The molecule has 1 unspecified atom stereocenters. The van der Waals surface area contributed by atoms with Gasteiger partial charge in [0.15, 0.2) is 5.72 Å². The second-order valence-electron chi connectivity index (χ2n) is 8.42. The highest BCUT2D eigenvalue weighted by Gasteiger charge is 2.49. The Bertz CT molecular complexity index is 1000. The van der Waals surface area contributed by atoms with Crippen molar-refractivity contribution >= 4 is 5.91 Å². The molecule has 1 heterocycles. The van der Waals surface area contributed by atoms with E-state index in [4.69, 9.17) is 0 Å². The van der Waals surface area contributed by atoms with E-state index in [0.717, 1.165) is 5.56 Å². The van der Waals surface area contributed by atoms with Gasteiger partial charge in [-0.3, -0.25) is 9.69 Å². The molecule has 0 bridgehead atoms. The number of carbonyl (C=O) groups excluding carboxylic acids is 1. The molecule has 0 fully saturated rings. The van der Waals surface area contributed by atoms with Crippen LogP contribution in [0.4, 0.5) is 0 Å². The molecule has 3 nitrogen and oxygen atoms in total. The molecule has 3 aromatic rings. The summed E-state index contributed by atoms with van der Waals surface area (Å²) in [5.41, 5.74) is 2.71. The largest absolute Gasteiger partial charge is 0.363 e. The molecular formula is C25H25NO2. The monoisotopic (exact) mass is 371 g/mol. The first-order valence-corrected chi connectivity index (χ1v) is 9.60. The number of hydrogen-bond donors (Lipinski definition) is 1. The Labute approximate surface area is 166 Å². The minimum Gasteiger partial charge on any atom is -0.363 e. The quantitative estimate of drug-likeness (QED) is 0.716. The van der Waals surface area contributed by atoms with Crippen molar-refractivity contribution in [3.05, 3.63) is 107 Å². The van der Waals surface area contributed by atoms with Crippen molar-refractivity contribution in [2.24, 2.45) is 0 Å². The van der Waals surface area contributed by atoms with Crippen LogP contribution >= 0.6 is 0 Å². The molecular weight excluding hydrogens is 346 g/mol. The summed E-state index contributed by atoms with van der Waals surface area (Å²) in [6.07, 6.45) is 0. The van der Waals surface area contributed by atoms with Crippen LogP contribution in [0.5, 0.6) is 0 Å². The SMILES string of the molecule is CC(C)(C)c1ccc(CN2C(=O)c3ccccc3C2(O)c2ccccc2)cc1. The van der Waals surface area contributed by atoms with E-state index in [0.29, 0.717) is 23.2 Å². The van der Waals surface area contributed by atoms with E-state index < -0.39 is 5.72 Å². The fourth-order valence-electron chi connectivity index (χ4n) is 3.87. The van der Waals surface area contributed by atoms with Crippen molar-refractivity contribution in [1.82, 2.24) is 4.90 Å². The van der Waals surface area contributed by atoms with Crippen molar-refractivity contribution < 1.29 is 9.90 Å². The van der Waals surface area contributed by atoms with Crippen molar-refractivity contribution in [2.75, 3.05) is 0 Å². The third kappa shape index (κ3) is 2.92. The molecule has 0 aliphatic carbocycles. The zero-order valence-corrected chi connectivity index (χ0v) is 16.5. The molecule has 1 aliphatic rings. The van der Waals surface area contributed by atoms with E-state index in [1.54, 1.807) is 11.0 Å². The van der Waals surface area contributed by atoms with Gasteiger partial charge in [-0.2, -0.15) is 0 Å². The Balaban J connectivity index is 1.76. The zero-order chi connectivity index (χ0) is 19.9. The van der Waals surface area contributed by atoms with E-state index in [-0.39, 0.29) is 11.3 Å². The Kier molecular flexibility index (Phi) is 4.35. The highest BCUT2D eigenvalue weighted by molar-refractivity contribution is 6.00. The first-order valence-electron chi connectivity index (χ1n) is 9.60. The number of nitrogens with zero attached hydrogens (tertiary/aromatic N) is 1. The summed E-state index contributed by atoms with van der Waals surface area (Å²) in [7, 11) is 0. The van der Waals surface area contributed by atoms with Gasteiger partial charge in [0.1, 0.15) is 0 Å². The van der Waals surface area contributed by atoms with E-state index in [9.17, 15) is 9.90 Å². The van der Waals surface area contributed by atoms with Crippen molar-refractivity contribution in [1.29, 1.82) is 0 Å². The van der Waals surface area contributed by atoms with Gasteiger partial charge in [0.2, 0.25) is 0 Å². The van der Waals surface area contributed by atoms with Gasteiger partial charge in [0, 0.05) is 23.2 Å². The van der Waals surface area contributed by atoms with Crippen LogP contribution in [0.1, 0.15) is 53.4 Å². The van der Waals surface area contributed by atoms with Crippen LogP contribution in [0.15, 0.2) is 78.9 Å². The second-order valence-corrected chi connectivity index (χ2v) is 8.42. The van der Waals surface area contributed by atoms with Crippen molar-refractivity contribution in [3.63, 3.8) is 0 Å². The summed E-state index contributed by atoms with van der Waals surface area (Å²) in [5.74, 6) is -0.151. The lowest BCUT2D eigenvalue weighted by Gasteiger charge is -2.35.